The van der Waals surface area contributed by atoms with E-state index in [1.165, 1.54) is 0 Å². The lowest BCUT2D eigenvalue weighted by molar-refractivity contribution is 0.457. The fourth-order valence-electron chi connectivity index (χ4n) is 2.96. The molecule has 32 heavy (non-hydrogen) atoms. The minimum atomic E-state index is 0.544. The van der Waals surface area contributed by atoms with E-state index in [0.717, 1.165) is 31.7 Å². The van der Waals surface area contributed by atoms with E-state index in [-0.39, 0.29) is 0 Å². The Morgan fingerprint density at radius 1 is 0.750 bits per heavy atom. The third-order valence-corrected chi connectivity index (χ3v) is 5.51. The highest BCUT2D eigenvalue weighted by molar-refractivity contribution is 7.80. The molecular weight excluding hydrogens is 438 g/mol. The molecule has 0 aliphatic carbocycles. The molecule has 0 saturated carbocycles. The summed E-state index contributed by atoms with van der Waals surface area (Å²) in [5.74, 6) is 0. The van der Waals surface area contributed by atoms with Gasteiger partial charge in [-0.05, 0) is 64.3 Å². The van der Waals surface area contributed by atoms with Gasteiger partial charge in [-0.2, -0.15) is 10.2 Å². The van der Waals surface area contributed by atoms with Gasteiger partial charge >= 0.3 is 0 Å². The highest BCUT2D eigenvalue weighted by atomic mass is 32.1. The van der Waals surface area contributed by atoms with Crippen molar-refractivity contribution >= 4 is 46.1 Å². The summed E-state index contributed by atoms with van der Waals surface area (Å²) in [6.07, 6.45) is 1.73. The van der Waals surface area contributed by atoms with Crippen LogP contribution in [0, 0.1) is 0 Å². The number of thiocarbonyl (C=S) groups is 2. The van der Waals surface area contributed by atoms with Gasteiger partial charge in [0.15, 0.2) is 10.2 Å². The smallest absolute Gasteiger partial charge is 0.189 e. The Hall–Kier alpha value is -2.91. The first-order chi connectivity index (χ1) is 15.5. The molecule has 7 nitrogen and oxygen atoms in total. The van der Waals surface area contributed by atoms with Gasteiger partial charge in [-0.25, -0.2) is 0 Å². The Labute approximate surface area is 201 Å². The minimum absolute atomic E-state index is 0.544. The van der Waals surface area contributed by atoms with Gasteiger partial charge in [0.2, 0.25) is 0 Å². The molecule has 0 fully saturated rings. The molecule has 0 saturated heterocycles. The number of nitrogens with one attached hydrogen (secondary N) is 2. The third kappa shape index (κ3) is 7.06. The van der Waals surface area contributed by atoms with Gasteiger partial charge in [-0.3, -0.25) is 15.8 Å². The summed E-state index contributed by atoms with van der Waals surface area (Å²) in [6, 6.07) is 15.5. The maximum atomic E-state index is 5.53. The molecule has 2 N–H and O–H groups in total. The standard InChI is InChI=1S/C23H31N7S2/c1-5-29(6-2)22(31)27-25-20(18-14-10-9-11-15-18)21(19-16-12-13-17-24-19)26-28-23(32)30(7-3)8-4/h9-17H,5-8H2,1-4H3,(H,27,31)(H,28,32). The van der Waals surface area contributed by atoms with E-state index in [0.29, 0.717) is 27.3 Å². The quantitative estimate of drug-likeness (QED) is 0.330. The highest BCUT2D eigenvalue weighted by Gasteiger charge is 2.18. The fourth-order valence-corrected chi connectivity index (χ4v) is 3.56. The van der Waals surface area contributed by atoms with Crippen molar-refractivity contribution in [2.24, 2.45) is 10.2 Å². The summed E-state index contributed by atoms with van der Waals surface area (Å²) >= 11 is 11.0. The Morgan fingerprint density at radius 3 is 1.72 bits per heavy atom. The van der Waals surface area contributed by atoms with Crippen molar-refractivity contribution in [3.63, 3.8) is 0 Å². The van der Waals surface area contributed by atoms with Crippen LogP contribution in [-0.2, 0) is 0 Å². The van der Waals surface area contributed by atoms with Crippen LogP contribution in [0.4, 0.5) is 0 Å². The molecule has 0 radical (unpaired) electrons. The molecule has 0 aliphatic heterocycles. The normalized spacial score (nSPS) is 11.6. The van der Waals surface area contributed by atoms with Gasteiger partial charge < -0.3 is 9.80 Å². The van der Waals surface area contributed by atoms with E-state index in [9.17, 15) is 0 Å². The maximum Gasteiger partial charge on any atom is 0.189 e. The lowest BCUT2D eigenvalue weighted by Gasteiger charge is -2.22. The SMILES string of the molecule is CCN(CC)C(=S)NN=C(C(=NNC(=S)N(CC)CC)c1ccccn1)c1ccccc1. The average Bonchev–Trinajstić information content (AvgIpc) is 2.83. The highest BCUT2D eigenvalue weighted by Crippen LogP contribution is 2.09. The van der Waals surface area contributed by atoms with E-state index in [2.05, 4.69) is 53.7 Å². The Bertz CT molecular complexity index is 844. The zero-order chi connectivity index (χ0) is 23.3. The lowest BCUT2D eigenvalue weighted by Crippen LogP contribution is -2.39. The van der Waals surface area contributed by atoms with Crippen LogP contribution in [-0.4, -0.2) is 62.6 Å². The monoisotopic (exact) mass is 469 g/mol. The van der Waals surface area contributed by atoms with Gasteiger partial charge in [0.25, 0.3) is 0 Å². The summed E-state index contributed by atoms with van der Waals surface area (Å²) in [7, 11) is 0. The van der Waals surface area contributed by atoms with Gasteiger partial charge in [0, 0.05) is 37.9 Å². The number of pyridine rings is 1. The van der Waals surface area contributed by atoms with Crippen LogP contribution >= 0.6 is 24.4 Å². The van der Waals surface area contributed by atoms with E-state index in [4.69, 9.17) is 24.4 Å². The number of nitrogens with zero attached hydrogens (tertiary/aromatic N) is 5. The first-order valence-corrected chi connectivity index (χ1v) is 11.6. The molecular formula is C23H31N7S2. The molecule has 1 heterocycles. The van der Waals surface area contributed by atoms with E-state index < -0.39 is 0 Å². The van der Waals surface area contributed by atoms with Crippen molar-refractivity contribution < 1.29 is 0 Å². The Balaban J connectivity index is 2.52. The van der Waals surface area contributed by atoms with E-state index >= 15 is 0 Å². The lowest BCUT2D eigenvalue weighted by atomic mass is 10.0. The molecule has 1 aromatic carbocycles. The van der Waals surface area contributed by atoms with Gasteiger partial charge in [0.1, 0.15) is 11.4 Å². The number of hydrogen-bond donors (Lipinski definition) is 2. The molecule has 0 bridgehead atoms. The van der Waals surface area contributed by atoms with Gasteiger partial charge in [0.05, 0.1) is 5.69 Å². The number of rotatable bonds is 9. The summed E-state index contributed by atoms with van der Waals surface area (Å²) in [5.41, 5.74) is 8.76. The topological polar surface area (TPSA) is 68.2 Å². The van der Waals surface area contributed by atoms with Crippen molar-refractivity contribution in [3.8, 4) is 0 Å². The van der Waals surface area contributed by atoms with Crippen LogP contribution in [0.2, 0.25) is 0 Å². The molecule has 2 aromatic rings. The van der Waals surface area contributed by atoms with Crippen molar-refractivity contribution in [2.45, 2.75) is 27.7 Å². The van der Waals surface area contributed by atoms with Crippen molar-refractivity contribution in [1.82, 2.24) is 25.6 Å². The van der Waals surface area contributed by atoms with Crippen LogP contribution in [0.3, 0.4) is 0 Å². The molecule has 0 unspecified atom stereocenters. The number of benzene rings is 1. The first-order valence-electron chi connectivity index (χ1n) is 10.8. The summed E-state index contributed by atoms with van der Waals surface area (Å²) in [4.78, 5) is 8.54. The second kappa shape index (κ2) is 13.5. The van der Waals surface area contributed by atoms with Crippen molar-refractivity contribution in [1.29, 1.82) is 0 Å². The number of aromatic nitrogens is 1. The van der Waals surface area contributed by atoms with Gasteiger partial charge in [-0.15, -0.1) is 0 Å². The number of hydrazone groups is 2. The molecule has 0 spiro atoms. The van der Waals surface area contributed by atoms with Crippen LogP contribution in [0.1, 0.15) is 39.0 Å². The third-order valence-electron chi connectivity index (χ3n) is 4.81. The van der Waals surface area contributed by atoms with E-state index in [1.807, 2.05) is 58.3 Å². The largest absolute Gasteiger partial charge is 0.348 e. The molecule has 0 atom stereocenters. The first kappa shape index (κ1) is 25.4. The minimum Gasteiger partial charge on any atom is -0.348 e. The molecule has 0 aliphatic rings. The average molecular weight is 470 g/mol. The number of hydrogen-bond acceptors (Lipinski definition) is 5. The van der Waals surface area contributed by atoms with Crippen LogP contribution < -0.4 is 10.9 Å². The van der Waals surface area contributed by atoms with Gasteiger partial charge in [-0.1, -0.05) is 36.4 Å². The summed E-state index contributed by atoms with van der Waals surface area (Å²) in [6.45, 7) is 11.4. The molecule has 1 aromatic heterocycles. The fraction of sp³-hybridized carbons (Fsp3) is 0.348. The van der Waals surface area contributed by atoms with Crippen LogP contribution in [0.15, 0.2) is 64.9 Å². The molecule has 0 amide bonds. The summed E-state index contributed by atoms with van der Waals surface area (Å²) in [5, 5.41) is 10.4. The Kier molecular flexibility index (Phi) is 10.7. The van der Waals surface area contributed by atoms with Crippen molar-refractivity contribution in [2.75, 3.05) is 26.2 Å². The van der Waals surface area contributed by atoms with E-state index in [1.54, 1.807) is 6.20 Å². The zero-order valence-corrected chi connectivity index (χ0v) is 20.7. The molecule has 170 valence electrons. The second-order valence-electron chi connectivity index (χ2n) is 6.68. The predicted molar refractivity (Wildman–Crippen MR) is 141 cm³/mol. The van der Waals surface area contributed by atoms with Crippen LogP contribution in [0.25, 0.3) is 0 Å². The predicted octanol–water partition coefficient (Wildman–Crippen LogP) is 3.62. The summed E-state index contributed by atoms with van der Waals surface area (Å²) < 4.78 is 0. The molecule has 9 heteroatoms. The van der Waals surface area contributed by atoms with Crippen molar-refractivity contribution in [3.05, 3.63) is 66.0 Å². The maximum absolute atomic E-state index is 5.53. The Morgan fingerprint density at radius 2 is 1.25 bits per heavy atom. The second-order valence-corrected chi connectivity index (χ2v) is 7.45. The van der Waals surface area contributed by atoms with Crippen LogP contribution in [0.5, 0.6) is 0 Å². The molecule has 2 rings (SSSR count). The zero-order valence-electron chi connectivity index (χ0n) is 19.1.